The topological polar surface area (TPSA) is 55.6 Å². The molecule has 0 bridgehead atoms. The lowest BCUT2D eigenvalue weighted by Gasteiger charge is -2.39. The van der Waals surface area contributed by atoms with Crippen LogP contribution in [0.4, 0.5) is 0 Å². The van der Waals surface area contributed by atoms with Crippen LogP contribution in [-0.4, -0.2) is 29.5 Å². The third-order valence-corrected chi connectivity index (χ3v) is 5.58. The summed E-state index contributed by atoms with van der Waals surface area (Å²) in [5.41, 5.74) is 6.54. The maximum Gasteiger partial charge on any atom is 0.227 e. The molecule has 4 heteroatoms. The van der Waals surface area contributed by atoms with Crippen LogP contribution in [0.2, 0.25) is 0 Å². The third-order valence-electron chi connectivity index (χ3n) is 5.58. The van der Waals surface area contributed by atoms with E-state index < -0.39 is 5.72 Å². The molecule has 3 atom stereocenters. The van der Waals surface area contributed by atoms with Crippen molar-refractivity contribution in [2.75, 3.05) is 6.54 Å². The van der Waals surface area contributed by atoms with E-state index >= 15 is 0 Å². The Labute approximate surface area is 138 Å². The molecule has 1 heterocycles. The standard InChI is InChI=1S/C19H26N2O2/c20-19(15-6-2-1-3-7-15)12-18(22)21(13-14-10-11-14)16-8-4-5-9-17(16)23-19/h1-3,6-7,14,16-17H,4-5,8-13,20H2. The highest BCUT2D eigenvalue weighted by molar-refractivity contribution is 5.78. The molecular weight excluding hydrogens is 288 g/mol. The van der Waals surface area contributed by atoms with Gasteiger partial charge >= 0.3 is 0 Å². The highest BCUT2D eigenvalue weighted by Crippen LogP contribution is 2.39. The average molecular weight is 314 g/mol. The van der Waals surface area contributed by atoms with E-state index in [0.29, 0.717) is 5.92 Å². The van der Waals surface area contributed by atoms with Gasteiger partial charge in [0, 0.05) is 6.54 Å². The SMILES string of the molecule is NC1(c2ccccc2)CC(=O)N(CC2CC2)C2CCCCC2O1. The van der Waals surface area contributed by atoms with Crippen molar-refractivity contribution in [3.8, 4) is 0 Å². The predicted octanol–water partition coefficient (Wildman–Crippen LogP) is 2.77. The minimum absolute atomic E-state index is 0.0687. The Morgan fingerprint density at radius 2 is 1.87 bits per heavy atom. The van der Waals surface area contributed by atoms with E-state index in [4.69, 9.17) is 10.5 Å². The van der Waals surface area contributed by atoms with Crippen molar-refractivity contribution in [3.63, 3.8) is 0 Å². The molecule has 1 aromatic rings. The van der Waals surface area contributed by atoms with Crippen molar-refractivity contribution in [1.29, 1.82) is 0 Å². The van der Waals surface area contributed by atoms with E-state index in [1.54, 1.807) is 0 Å². The first-order valence-corrected chi connectivity index (χ1v) is 8.97. The van der Waals surface area contributed by atoms with E-state index in [0.717, 1.165) is 31.4 Å². The molecule has 2 saturated carbocycles. The van der Waals surface area contributed by atoms with Crippen LogP contribution in [0.25, 0.3) is 0 Å². The van der Waals surface area contributed by atoms with Crippen molar-refractivity contribution in [3.05, 3.63) is 35.9 Å². The molecule has 0 aromatic heterocycles. The Balaban J connectivity index is 1.65. The molecule has 3 fully saturated rings. The summed E-state index contributed by atoms with van der Waals surface area (Å²) >= 11 is 0. The molecule has 1 aliphatic heterocycles. The molecule has 0 spiro atoms. The molecule has 4 rings (SSSR count). The number of carbonyl (C=O) groups excluding carboxylic acids is 1. The van der Waals surface area contributed by atoms with Crippen LogP contribution in [0.15, 0.2) is 30.3 Å². The second-order valence-electron chi connectivity index (χ2n) is 7.43. The minimum atomic E-state index is -0.989. The summed E-state index contributed by atoms with van der Waals surface area (Å²) in [6, 6.07) is 10.1. The Kier molecular flexibility index (Phi) is 3.90. The number of fused-ring (bicyclic) bond motifs is 1. The summed E-state index contributed by atoms with van der Waals surface area (Å²) in [6.45, 7) is 0.897. The second kappa shape index (κ2) is 5.91. The normalized spacial score (nSPS) is 34.8. The largest absolute Gasteiger partial charge is 0.351 e. The third kappa shape index (κ3) is 3.02. The van der Waals surface area contributed by atoms with Gasteiger partial charge < -0.3 is 9.64 Å². The summed E-state index contributed by atoms with van der Waals surface area (Å²) < 4.78 is 6.41. The first-order chi connectivity index (χ1) is 11.2. The quantitative estimate of drug-likeness (QED) is 0.933. The number of hydrogen-bond acceptors (Lipinski definition) is 3. The van der Waals surface area contributed by atoms with Crippen LogP contribution >= 0.6 is 0 Å². The summed E-state index contributed by atoms with van der Waals surface area (Å²) in [5.74, 6) is 0.862. The van der Waals surface area contributed by atoms with Gasteiger partial charge in [0.1, 0.15) is 0 Å². The zero-order valence-corrected chi connectivity index (χ0v) is 13.6. The highest BCUT2D eigenvalue weighted by atomic mass is 16.5. The van der Waals surface area contributed by atoms with Gasteiger partial charge in [0.05, 0.1) is 18.6 Å². The number of hydrogen-bond donors (Lipinski definition) is 1. The maximum atomic E-state index is 13.0. The van der Waals surface area contributed by atoms with Crippen molar-refractivity contribution >= 4 is 5.91 Å². The Hall–Kier alpha value is -1.39. The molecule has 0 radical (unpaired) electrons. The molecule has 2 N–H and O–H groups in total. The van der Waals surface area contributed by atoms with Gasteiger partial charge in [0.15, 0.2) is 5.72 Å². The maximum absolute atomic E-state index is 13.0. The van der Waals surface area contributed by atoms with Crippen molar-refractivity contribution in [2.45, 2.75) is 62.8 Å². The van der Waals surface area contributed by atoms with Gasteiger partial charge in [0.2, 0.25) is 5.91 Å². The first-order valence-electron chi connectivity index (χ1n) is 8.97. The van der Waals surface area contributed by atoms with Crippen molar-refractivity contribution in [2.24, 2.45) is 11.7 Å². The molecule has 124 valence electrons. The number of ether oxygens (including phenoxy) is 1. The molecule has 3 unspecified atom stereocenters. The molecule has 1 amide bonds. The molecule has 4 nitrogen and oxygen atoms in total. The molecule has 2 aliphatic carbocycles. The fourth-order valence-corrected chi connectivity index (χ4v) is 4.10. The average Bonchev–Trinajstić information content (AvgIpc) is 3.38. The number of carbonyl (C=O) groups is 1. The molecule has 1 saturated heterocycles. The summed E-state index contributed by atoms with van der Waals surface area (Å²) in [6.07, 6.45) is 7.23. The molecular formula is C19H26N2O2. The number of nitrogens with two attached hydrogens (primary N) is 1. The Bertz CT molecular complexity index is 572. The molecule has 3 aliphatic rings. The molecule has 23 heavy (non-hydrogen) atoms. The van der Waals surface area contributed by atoms with Gasteiger partial charge in [0.25, 0.3) is 0 Å². The lowest BCUT2D eigenvalue weighted by atomic mass is 9.91. The van der Waals surface area contributed by atoms with Gasteiger partial charge in [-0.2, -0.15) is 0 Å². The summed E-state index contributed by atoms with van der Waals surface area (Å²) in [7, 11) is 0. The Morgan fingerprint density at radius 1 is 1.13 bits per heavy atom. The van der Waals surface area contributed by atoms with E-state index in [1.165, 1.54) is 19.3 Å². The zero-order chi connectivity index (χ0) is 15.9. The van der Waals surface area contributed by atoms with Gasteiger partial charge in [-0.15, -0.1) is 0 Å². The van der Waals surface area contributed by atoms with Crippen LogP contribution in [0, 0.1) is 5.92 Å². The molecule has 1 aromatic carbocycles. The van der Waals surface area contributed by atoms with Gasteiger partial charge in [-0.3, -0.25) is 10.5 Å². The van der Waals surface area contributed by atoms with Crippen molar-refractivity contribution in [1.82, 2.24) is 4.90 Å². The van der Waals surface area contributed by atoms with E-state index in [2.05, 4.69) is 4.90 Å². The summed E-state index contributed by atoms with van der Waals surface area (Å²) in [5, 5.41) is 0. The smallest absolute Gasteiger partial charge is 0.227 e. The van der Waals surface area contributed by atoms with Crippen LogP contribution in [-0.2, 0) is 15.3 Å². The fourth-order valence-electron chi connectivity index (χ4n) is 4.10. The van der Waals surface area contributed by atoms with Gasteiger partial charge in [-0.05, 0) is 37.2 Å². The Morgan fingerprint density at radius 3 is 2.61 bits per heavy atom. The van der Waals surface area contributed by atoms with Crippen molar-refractivity contribution < 1.29 is 9.53 Å². The van der Waals surface area contributed by atoms with Gasteiger partial charge in [-0.1, -0.05) is 43.2 Å². The van der Waals surface area contributed by atoms with Crippen LogP contribution in [0.1, 0.15) is 50.5 Å². The van der Waals surface area contributed by atoms with Crippen LogP contribution in [0.5, 0.6) is 0 Å². The number of rotatable bonds is 3. The first kappa shape index (κ1) is 15.2. The fraction of sp³-hybridized carbons (Fsp3) is 0.632. The monoisotopic (exact) mass is 314 g/mol. The van der Waals surface area contributed by atoms with Crippen LogP contribution < -0.4 is 5.73 Å². The van der Waals surface area contributed by atoms with Gasteiger partial charge in [-0.25, -0.2) is 0 Å². The second-order valence-corrected chi connectivity index (χ2v) is 7.43. The minimum Gasteiger partial charge on any atom is -0.351 e. The number of nitrogens with zero attached hydrogens (tertiary/aromatic N) is 1. The van der Waals surface area contributed by atoms with E-state index in [-0.39, 0.29) is 24.5 Å². The number of amides is 1. The van der Waals surface area contributed by atoms with E-state index in [9.17, 15) is 4.79 Å². The zero-order valence-electron chi connectivity index (χ0n) is 13.6. The summed E-state index contributed by atoms with van der Waals surface area (Å²) in [4.78, 5) is 15.1. The highest BCUT2D eigenvalue weighted by Gasteiger charge is 2.46. The van der Waals surface area contributed by atoms with E-state index in [1.807, 2.05) is 30.3 Å². The van der Waals surface area contributed by atoms with Crippen LogP contribution in [0.3, 0.4) is 0 Å². The lowest BCUT2D eigenvalue weighted by molar-refractivity contribution is -0.135. The lowest BCUT2D eigenvalue weighted by Crippen LogP contribution is -2.48. The predicted molar refractivity (Wildman–Crippen MR) is 88.5 cm³/mol. The number of benzene rings is 1.